The van der Waals surface area contributed by atoms with Gasteiger partial charge >= 0.3 is 0 Å². The number of carbonyl (C=O) groups excluding carboxylic acids is 1. The second-order valence-corrected chi connectivity index (χ2v) is 10.1. The predicted octanol–water partition coefficient (Wildman–Crippen LogP) is 2.15. The van der Waals surface area contributed by atoms with Crippen LogP contribution in [-0.4, -0.2) is 55.0 Å². The lowest BCUT2D eigenvalue weighted by molar-refractivity contribution is -0.122. The molecule has 32 heavy (non-hydrogen) atoms. The topological polar surface area (TPSA) is 117 Å². The number of amides is 1. The number of para-hydroxylation sites is 1. The molecule has 0 aliphatic carbocycles. The summed E-state index contributed by atoms with van der Waals surface area (Å²) < 4.78 is 33.4. The van der Waals surface area contributed by atoms with Gasteiger partial charge in [-0.3, -0.25) is 14.2 Å². The minimum absolute atomic E-state index is 0.153. The van der Waals surface area contributed by atoms with Crippen LogP contribution in [0.3, 0.4) is 0 Å². The van der Waals surface area contributed by atoms with Crippen LogP contribution in [0.2, 0.25) is 0 Å². The largest absolute Gasteiger partial charge is 0.484 e. The van der Waals surface area contributed by atoms with E-state index in [1.807, 2.05) is 24.3 Å². The number of benzene rings is 2. The number of hydrogen-bond acceptors (Lipinski definition) is 7. The standard InChI is InChI=1S/C21H23N5O4S2/c1-15-12-17(32(28,29)26-10-8-16-4-2-3-5-18(16)26)6-7-19(15)30-13-20(27)22-9-11-31-21-23-14-24-25-21/h2-7,12,14H,8-11,13H2,1H3,(H,22,27)(H,23,24,25). The molecule has 1 aliphatic rings. The molecule has 0 saturated heterocycles. The molecule has 3 aromatic rings. The molecule has 0 atom stereocenters. The van der Waals surface area contributed by atoms with Crippen molar-refractivity contribution in [2.24, 2.45) is 0 Å². The van der Waals surface area contributed by atoms with E-state index in [0.717, 1.165) is 11.3 Å². The van der Waals surface area contributed by atoms with Crippen LogP contribution in [0.1, 0.15) is 11.1 Å². The van der Waals surface area contributed by atoms with Crippen LogP contribution in [0.15, 0.2) is 58.8 Å². The molecule has 0 radical (unpaired) electrons. The van der Waals surface area contributed by atoms with E-state index in [-0.39, 0.29) is 17.4 Å². The Hall–Kier alpha value is -3.05. The maximum Gasteiger partial charge on any atom is 0.264 e. The number of nitrogens with one attached hydrogen (secondary N) is 2. The van der Waals surface area contributed by atoms with E-state index in [1.165, 1.54) is 28.5 Å². The fourth-order valence-electron chi connectivity index (χ4n) is 3.43. The van der Waals surface area contributed by atoms with Gasteiger partial charge in [0.1, 0.15) is 12.1 Å². The summed E-state index contributed by atoms with van der Waals surface area (Å²) in [6.45, 7) is 2.49. The average molecular weight is 474 g/mol. The minimum Gasteiger partial charge on any atom is -0.484 e. The van der Waals surface area contributed by atoms with Crippen molar-refractivity contribution in [3.63, 3.8) is 0 Å². The van der Waals surface area contributed by atoms with Gasteiger partial charge in [0, 0.05) is 18.8 Å². The van der Waals surface area contributed by atoms with Gasteiger partial charge in [0.15, 0.2) is 11.8 Å². The molecule has 4 rings (SSSR count). The van der Waals surface area contributed by atoms with Crippen LogP contribution in [0, 0.1) is 6.92 Å². The van der Waals surface area contributed by atoms with Gasteiger partial charge < -0.3 is 10.1 Å². The summed E-state index contributed by atoms with van der Waals surface area (Å²) in [6, 6.07) is 12.2. The molecule has 168 valence electrons. The summed E-state index contributed by atoms with van der Waals surface area (Å²) in [6.07, 6.45) is 2.12. The fraction of sp³-hybridized carbons (Fsp3) is 0.286. The van der Waals surface area contributed by atoms with E-state index in [4.69, 9.17) is 4.74 Å². The normalized spacial score (nSPS) is 13.1. The molecule has 9 nitrogen and oxygen atoms in total. The number of nitrogens with zero attached hydrogens (tertiary/aromatic N) is 3. The Labute approximate surface area is 190 Å². The third kappa shape index (κ3) is 4.89. The van der Waals surface area contributed by atoms with E-state index in [1.54, 1.807) is 19.1 Å². The molecule has 0 unspecified atom stereocenters. The van der Waals surface area contributed by atoms with Crippen molar-refractivity contribution in [2.45, 2.75) is 23.4 Å². The van der Waals surface area contributed by atoms with Crippen molar-refractivity contribution >= 4 is 33.4 Å². The number of rotatable bonds is 9. The second-order valence-electron chi connectivity index (χ2n) is 7.16. The Bertz CT molecular complexity index is 1200. The maximum absolute atomic E-state index is 13.2. The van der Waals surface area contributed by atoms with Crippen LogP contribution >= 0.6 is 11.8 Å². The smallest absolute Gasteiger partial charge is 0.264 e. The van der Waals surface area contributed by atoms with Crippen molar-refractivity contribution in [3.05, 3.63) is 59.9 Å². The third-order valence-corrected chi connectivity index (χ3v) is 7.68. The summed E-state index contributed by atoms with van der Waals surface area (Å²) in [5, 5.41) is 9.95. The predicted molar refractivity (Wildman–Crippen MR) is 121 cm³/mol. The highest BCUT2D eigenvalue weighted by molar-refractivity contribution is 7.99. The van der Waals surface area contributed by atoms with Gasteiger partial charge in [0.05, 0.1) is 10.6 Å². The minimum atomic E-state index is -3.67. The summed E-state index contributed by atoms with van der Waals surface area (Å²) in [4.78, 5) is 16.2. The zero-order chi connectivity index (χ0) is 22.6. The Morgan fingerprint density at radius 3 is 2.91 bits per heavy atom. The Balaban J connectivity index is 1.32. The van der Waals surface area contributed by atoms with Gasteiger partial charge in [-0.15, -0.1) is 0 Å². The first-order valence-electron chi connectivity index (χ1n) is 10.0. The van der Waals surface area contributed by atoms with Crippen LogP contribution in [-0.2, 0) is 21.2 Å². The van der Waals surface area contributed by atoms with Gasteiger partial charge in [0.2, 0.25) is 0 Å². The number of aromatic amines is 1. The number of anilines is 1. The van der Waals surface area contributed by atoms with Crippen molar-refractivity contribution in [2.75, 3.05) is 29.8 Å². The van der Waals surface area contributed by atoms with Crippen molar-refractivity contribution in [1.82, 2.24) is 20.5 Å². The molecule has 2 aromatic carbocycles. The Morgan fingerprint density at radius 1 is 1.28 bits per heavy atom. The number of sulfonamides is 1. The molecule has 11 heteroatoms. The zero-order valence-electron chi connectivity index (χ0n) is 17.4. The van der Waals surface area contributed by atoms with E-state index in [9.17, 15) is 13.2 Å². The molecular formula is C21H23N5O4S2. The third-order valence-electron chi connectivity index (χ3n) is 4.99. The average Bonchev–Trinajstić information content (AvgIpc) is 3.46. The van der Waals surface area contributed by atoms with E-state index in [2.05, 4.69) is 20.5 Å². The van der Waals surface area contributed by atoms with Crippen molar-refractivity contribution < 1.29 is 17.9 Å². The first-order valence-corrected chi connectivity index (χ1v) is 12.5. The van der Waals surface area contributed by atoms with Crippen LogP contribution in [0.5, 0.6) is 5.75 Å². The van der Waals surface area contributed by atoms with E-state index < -0.39 is 10.0 Å². The summed E-state index contributed by atoms with van der Waals surface area (Å²) in [5.74, 6) is 0.858. The molecule has 1 amide bonds. The highest BCUT2D eigenvalue weighted by atomic mass is 32.2. The number of thioether (sulfide) groups is 1. The number of aryl methyl sites for hydroxylation is 1. The first-order chi connectivity index (χ1) is 15.4. The molecule has 1 aliphatic heterocycles. The van der Waals surface area contributed by atoms with Crippen LogP contribution < -0.4 is 14.4 Å². The van der Waals surface area contributed by atoms with Gasteiger partial charge in [0.25, 0.3) is 15.9 Å². The van der Waals surface area contributed by atoms with Crippen LogP contribution in [0.25, 0.3) is 0 Å². The number of hydrogen-bond donors (Lipinski definition) is 2. The van der Waals surface area contributed by atoms with E-state index >= 15 is 0 Å². The fourth-order valence-corrected chi connectivity index (χ4v) is 5.65. The monoisotopic (exact) mass is 473 g/mol. The zero-order valence-corrected chi connectivity index (χ0v) is 19.1. The van der Waals surface area contributed by atoms with Crippen molar-refractivity contribution in [1.29, 1.82) is 0 Å². The van der Waals surface area contributed by atoms with Gasteiger partial charge in [-0.1, -0.05) is 30.0 Å². The number of H-pyrrole nitrogens is 1. The Morgan fingerprint density at radius 2 is 2.12 bits per heavy atom. The summed E-state index contributed by atoms with van der Waals surface area (Å²) in [5.41, 5.74) is 2.40. The number of carbonyl (C=O) groups is 1. The number of ether oxygens (including phenoxy) is 1. The number of fused-ring (bicyclic) bond motifs is 1. The van der Waals surface area contributed by atoms with Gasteiger partial charge in [-0.05, 0) is 48.7 Å². The first kappa shape index (κ1) is 22.2. The molecule has 0 bridgehead atoms. The molecule has 2 N–H and O–H groups in total. The SMILES string of the molecule is Cc1cc(S(=O)(=O)N2CCc3ccccc32)ccc1OCC(=O)NCCSc1ncn[nH]1. The van der Waals surface area contributed by atoms with Crippen molar-refractivity contribution in [3.8, 4) is 5.75 Å². The molecule has 0 saturated carbocycles. The highest BCUT2D eigenvalue weighted by Gasteiger charge is 2.30. The molecule has 0 spiro atoms. The number of aromatic nitrogens is 3. The Kier molecular flexibility index (Phi) is 6.66. The summed E-state index contributed by atoms with van der Waals surface area (Å²) >= 11 is 1.45. The quantitative estimate of drug-likeness (QED) is 0.361. The van der Waals surface area contributed by atoms with Gasteiger partial charge in [-0.2, -0.15) is 5.10 Å². The second kappa shape index (κ2) is 9.61. The molecule has 1 aromatic heterocycles. The van der Waals surface area contributed by atoms with E-state index in [0.29, 0.717) is 41.7 Å². The van der Waals surface area contributed by atoms with Crippen LogP contribution in [0.4, 0.5) is 5.69 Å². The molecular weight excluding hydrogens is 450 g/mol. The lowest BCUT2D eigenvalue weighted by Crippen LogP contribution is -2.31. The molecule has 2 heterocycles. The maximum atomic E-state index is 13.2. The molecule has 0 fully saturated rings. The highest BCUT2D eigenvalue weighted by Crippen LogP contribution is 2.33. The lowest BCUT2D eigenvalue weighted by atomic mass is 10.2. The van der Waals surface area contributed by atoms with Gasteiger partial charge in [-0.25, -0.2) is 13.4 Å². The lowest BCUT2D eigenvalue weighted by Gasteiger charge is -2.20. The summed E-state index contributed by atoms with van der Waals surface area (Å²) in [7, 11) is -3.67.